The van der Waals surface area contributed by atoms with Crippen LogP contribution < -0.4 is 5.32 Å². The highest BCUT2D eigenvalue weighted by atomic mass is 19.1. The van der Waals surface area contributed by atoms with Crippen LogP contribution in [-0.2, 0) is 6.42 Å². The number of carbonyl (C=O) groups is 1. The predicted octanol–water partition coefficient (Wildman–Crippen LogP) is 4.50. The summed E-state index contributed by atoms with van der Waals surface area (Å²) in [6.45, 7) is 3.91. The average molecular weight is 308 g/mol. The maximum Gasteiger partial charge on any atom is 0.256 e. The molecule has 23 heavy (non-hydrogen) atoms. The number of nitrogens with one attached hydrogen (secondary N) is 1. The summed E-state index contributed by atoms with van der Waals surface area (Å²) < 4.78 is 13.3. The summed E-state index contributed by atoms with van der Waals surface area (Å²) in [5, 5.41) is 3.58. The molecular weight excluding hydrogens is 291 g/mol. The number of amides is 1. The number of rotatable bonds is 3. The molecule has 0 atom stereocenters. The first-order valence-corrected chi connectivity index (χ1v) is 7.55. The molecule has 0 aliphatic rings. The van der Waals surface area contributed by atoms with Gasteiger partial charge in [0.2, 0.25) is 0 Å². The van der Waals surface area contributed by atoms with E-state index in [9.17, 15) is 9.18 Å². The molecule has 1 N–H and O–H groups in total. The van der Waals surface area contributed by atoms with Crippen molar-refractivity contribution in [2.24, 2.45) is 0 Å². The Morgan fingerprint density at radius 3 is 2.70 bits per heavy atom. The fourth-order valence-electron chi connectivity index (χ4n) is 2.75. The largest absolute Gasteiger partial charge is 0.322 e. The highest BCUT2D eigenvalue weighted by molar-refractivity contribution is 6.13. The van der Waals surface area contributed by atoms with Crippen LogP contribution in [-0.4, -0.2) is 10.9 Å². The van der Waals surface area contributed by atoms with Crippen LogP contribution in [0.15, 0.2) is 48.5 Å². The second kappa shape index (κ2) is 6.16. The molecule has 116 valence electrons. The molecule has 1 aromatic heterocycles. The smallest absolute Gasteiger partial charge is 0.256 e. The number of fused-ring (bicyclic) bond motifs is 1. The van der Waals surface area contributed by atoms with Gasteiger partial charge in [0, 0.05) is 16.8 Å². The van der Waals surface area contributed by atoms with Crippen molar-refractivity contribution in [2.45, 2.75) is 20.3 Å². The van der Waals surface area contributed by atoms with Crippen molar-refractivity contribution in [2.75, 3.05) is 5.32 Å². The number of anilines is 1. The lowest BCUT2D eigenvalue weighted by molar-refractivity contribution is 0.102. The van der Waals surface area contributed by atoms with Crippen LogP contribution in [0, 0.1) is 12.7 Å². The van der Waals surface area contributed by atoms with Gasteiger partial charge in [0.05, 0.1) is 11.1 Å². The summed E-state index contributed by atoms with van der Waals surface area (Å²) in [5.74, 6) is -0.630. The number of halogens is 1. The molecule has 0 unspecified atom stereocenters. The van der Waals surface area contributed by atoms with Crippen molar-refractivity contribution in [3.8, 4) is 0 Å². The third-order valence-corrected chi connectivity index (χ3v) is 3.88. The summed E-state index contributed by atoms with van der Waals surface area (Å²) in [7, 11) is 0. The first kappa shape index (κ1) is 15.2. The standard InChI is InChI=1S/C19H17FN2O/c1-3-16-12(2)18(15-9-4-5-10-17(15)22-16)19(23)21-14-8-6-7-13(20)11-14/h4-11H,3H2,1-2H3,(H,21,23). The molecule has 3 rings (SSSR count). The fourth-order valence-corrected chi connectivity index (χ4v) is 2.75. The number of nitrogens with zero attached hydrogens (tertiary/aromatic N) is 1. The minimum atomic E-state index is -0.381. The Hall–Kier alpha value is -2.75. The Morgan fingerprint density at radius 2 is 1.96 bits per heavy atom. The van der Waals surface area contributed by atoms with Crippen molar-refractivity contribution in [3.05, 3.63) is 71.2 Å². The van der Waals surface area contributed by atoms with E-state index in [2.05, 4.69) is 10.3 Å². The van der Waals surface area contributed by atoms with Crippen LogP contribution in [0.5, 0.6) is 0 Å². The lowest BCUT2D eigenvalue weighted by Gasteiger charge is -2.14. The molecule has 0 bridgehead atoms. The van der Waals surface area contributed by atoms with Gasteiger partial charge in [0.1, 0.15) is 5.82 Å². The Labute approximate surface area is 134 Å². The fraction of sp³-hybridized carbons (Fsp3) is 0.158. The second-order valence-corrected chi connectivity index (χ2v) is 5.39. The molecule has 0 saturated carbocycles. The minimum absolute atomic E-state index is 0.249. The molecule has 0 fully saturated rings. The van der Waals surface area contributed by atoms with Crippen molar-refractivity contribution < 1.29 is 9.18 Å². The Balaban J connectivity index is 2.10. The highest BCUT2D eigenvalue weighted by Gasteiger charge is 2.17. The molecule has 0 aliphatic heterocycles. The number of aryl methyl sites for hydroxylation is 1. The zero-order valence-electron chi connectivity index (χ0n) is 13.1. The number of benzene rings is 2. The lowest BCUT2D eigenvalue weighted by Crippen LogP contribution is -2.16. The zero-order valence-corrected chi connectivity index (χ0v) is 13.1. The van der Waals surface area contributed by atoms with Gasteiger partial charge in [-0.2, -0.15) is 0 Å². The van der Waals surface area contributed by atoms with Gasteiger partial charge in [-0.15, -0.1) is 0 Å². The predicted molar refractivity (Wildman–Crippen MR) is 90.2 cm³/mol. The summed E-state index contributed by atoms with van der Waals surface area (Å²) in [6.07, 6.45) is 0.747. The number of aromatic nitrogens is 1. The normalized spacial score (nSPS) is 10.7. The lowest BCUT2D eigenvalue weighted by atomic mass is 9.99. The monoisotopic (exact) mass is 308 g/mol. The van der Waals surface area contributed by atoms with E-state index in [-0.39, 0.29) is 11.7 Å². The average Bonchev–Trinajstić information content (AvgIpc) is 2.54. The molecule has 0 saturated heterocycles. The van der Waals surface area contributed by atoms with Crippen LogP contribution in [0.3, 0.4) is 0 Å². The van der Waals surface area contributed by atoms with E-state index in [1.165, 1.54) is 12.1 Å². The summed E-state index contributed by atoms with van der Waals surface area (Å²) in [5.41, 5.74) is 3.58. The summed E-state index contributed by atoms with van der Waals surface area (Å²) in [6, 6.07) is 13.4. The first-order chi connectivity index (χ1) is 11.1. The number of carbonyl (C=O) groups excluding carboxylic acids is 1. The van der Waals surface area contributed by atoms with Crippen LogP contribution in [0.1, 0.15) is 28.5 Å². The van der Waals surface area contributed by atoms with Gasteiger partial charge < -0.3 is 5.32 Å². The van der Waals surface area contributed by atoms with Gasteiger partial charge in [-0.05, 0) is 43.2 Å². The van der Waals surface area contributed by atoms with Gasteiger partial charge in [-0.3, -0.25) is 9.78 Å². The van der Waals surface area contributed by atoms with Crippen molar-refractivity contribution >= 4 is 22.5 Å². The molecule has 4 heteroatoms. The molecule has 1 amide bonds. The van der Waals surface area contributed by atoms with Crippen molar-refractivity contribution in [1.29, 1.82) is 0 Å². The van der Waals surface area contributed by atoms with E-state index in [1.54, 1.807) is 12.1 Å². The highest BCUT2D eigenvalue weighted by Crippen LogP contribution is 2.24. The zero-order chi connectivity index (χ0) is 16.4. The third kappa shape index (κ3) is 2.93. The maximum atomic E-state index is 13.3. The molecule has 2 aromatic carbocycles. The van der Waals surface area contributed by atoms with Crippen LogP contribution >= 0.6 is 0 Å². The SMILES string of the molecule is CCc1nc2ccccc2c(C(=O)Nc2cccc(F)c2)c1C. The van der Waals surface area contributed by atoms with E-state index in [0.717, 1.165) is 28.6 Å². The Bertz CT molecular complexity index is 890. The quantitative estimate of drug-likeness (QED) is 0.774. The van der Waals surface area contributed by atoms with E-state index in [1.807, 2.05) is 38.1 Å². The Kier molecular flexibility index (Phi) is 4.06. The van der Waals surface area contributed by atoms with Crippen LogP contribution in [0.2, 0.25) is 0 Å². The first-order valence-electron chi connectivity index (χ1n) is 7.55. The van der Waals surface area contributed by atoms with Gasteiger partial charge in [-0.25, -0.2) is 4.39 Å². The molecule has 0 aliphatic carbocycles. The topological polar surface area (TPSA) is 42.0 Å². The molecule has 0 radical (unpaired) electrons. The maximum absolute atomic E-state index is 13.3. The number of hydrogen-bond acceptors (Lipinski definition) is 2. The van der Waals surface area contributed by atoms with E-state index in [0.29, 0.717) is 11.3 Å². The van der Waals surface area contributed by atoms with Gasteiger partial charge in [0.15, 0.2) is 0 Å². The number of hydrogen-bond donors (Lipinski definition) is 1. The molecular formula is C19H17FN2O. The van der Waals surface area contributed by atoms with E-state index < -0.39 is 0 Å². The molecule has 0 spiro atoms. The second-order valence-electron chi connectivity index (χ2n) is 5.39. The van der Waals surface area contributed by atoms with Gasteiger partial charge in [-0.1, -0.05) is 31.2 Å². The minimum Gasteiger partial charge on any atom is -0.322 e. The Morgan fingerprint density at radius 1 is 1.17 bits per heavy atom. The van der Waals surface area contributed by atoms with E-state index >= 15 is 0 Å². The van der Waals surface area contributed by atoms with Crippen LogP contribution in [0.4, 0.5) is 10.1 Å². The number of para-hydroxylation sites is 1. The molecule has 3 nitrogen and oxygen atoms in total. The van der Waals surface area contributed by atoms with Crippen molar-refractivity contribution in [3.63, 3.8) is 0 Å². The van der Waals surface area contributed by atoms with E-state index in [4.69, 9.17) is 0 Å². The van der Waals surface area contributed by atoms with Crippen molar-refractivity contribution in [1.82, 2.24) is 4.98 Å². The van der Waals surface area contributed by atoms with Gasteiger partial charge in [0.25, 0.3) is 5.91 Å². The molecule has 1 heterocycles. The van der Waals surface area contributed by atoms with Crippen LogP contribution in [0.25, 0.3) is 10.9 Å². The molecule has 3 aromatic rings. The van der Waals surface area contributed by atoms with Gasteiger partial charge >= 0.3 is 0 Å². The third-order valence-electron chi connectivity index (χ3n) is 3.88. The number of pyridine rings is 1. The summed E-state index contributed by atoms with van der Waals surface area (Å²) in [4.78, 5) is 17.4. The summed E-state index contributed by atoms with van der Waals surface area (Å²) >= 11 is 0.